The topological polar surface area (TPSA) is 57.9 Å². The summed E-state index contributed by atoms with van der Waals surface area (Å²) in [7, 11) is -3.10. The Kier molecular flexibility index (Phi) is 4.08. The molecule has 0 radical (unpaired) electrons. The molecule has 0 aromatic heterocycles. The Balaban J connectivity index is 2.93. The van der Waals surface area contributed by atoms with Gasteiger partial charge in [0.25, 0.3) is 0 Å². The average Bonchev–Trinajstić information content (AvgIpc) is 2.27. The molecule has 86 valence electrons. The van der Waals surface area contributed by atoms with Crippen LogP contribution in [0.15, 0.2) is 24.3 Å². The Morgan fingerprint density at radius 1 is 1.44 bits per heavy atom. The summed E-state index contributed by atoms with van der Waals surface area (Å²) < 4.78 is 23.7. The third kappa shape index (κ3) is 3.07. The molecule has 0 aliphatic heterocycles. The van der Waals surface area contributed by atoms with E-state index in [4.69, 9.17) is 5.26 Å². The summed E-state index contributed by atoms with van der Waals surface area (Å²) in [5.41, 5.74) is 1.18. The quantitative estimate of drug-likeness (QED) is 0.807. The second-order valence-electron chi connectivity index (χ2n) is 3.84. The van der Waals surface area contributed by atoms with E-state index in [9.17, 15) is 8.42 Å². The zero-order valence-electron chi connectivity index (χ0n) is 9.47. The van der Waals surface area contributed by atoms with Gasteiger partial charge in [-0.25, -0.2) is 8.42 Å². The molecule has 0 heterocycles. The number of rotatable bonds is 4. The Morgan fingerprint density at radius 3 is 2.69 bits per heavy atom. The van der Waals surface area contributed by atoms with Crippen LogP contribution in [0, 0.1) is 11.3 Å². The van der Waals surface area contributed by atoms with Gasteiger partial charge in [0, 0.05) is 0 Å². The van der Waals surface area contributed by atoms with E-state index in [2.05, 4.69) is 0 Å². The molecule has 0 saturated heterocycles. The molecule has 0 saturated carbocycles. The Bertz CT molecular complexity index is 500. The molecule has 0 amide bonds. The molecule has 0 N–H and O–H groups in total. The summed E-state index contributed by atoms with van der Waals surface area (Å²) in [5.74, 6) is 0.0114. The monoisotopic (exact) mass is 237 g/mol. The van der Waals surface area contributed by atoms with Crippen LogP contribution in [0.1, 0.15) is 31.4 Å². The lowest BCUT2D eigenvalue weighted by Crippen LogP contribution is -2.18. The molecule has 0 fully saturated rings. The summed E-state index contributed by atoms with van der Waals surface area (Å²) in [6.45, 7) is 3.57. The first-order valence-corrected chi connectivity index (χ1v) is 6.91. The lowest BCUT2D eigenvalue weighted by molar-refractivity contribution is 0.580. The van der Waals surface area contributed by atoms with Crippen LogP contribution in [0.25, 0.3) is 0 Å². The van der Waals surface area contributed by atoms with E-state index in [1.165, 1.54) is 0 Å². The predicted molar refractivity (Wildman–Crippen MR) is 63.5 cm³/mol. The Labute approximate surface area is 96.6 Å². The third-order valence-electron chi connectivity index (χ3n) is 2.61. The Hall–Kier alpha value is -1.34. The van der Waals surface area contributed by atoms with E-state index in [-0.39, 0.29) is 11.0 Å². The smallest absolute Gasteiger partial charge is 0.157 e. The first-order chi connectivity index (χ1) is 7.49. The molecule has 1 aromatic carbocycles. The van der Waals surface area contributed by atoms with E-state index in [0.717, 1.165) is 0 Å². The number of hydrogen-bond donors (Lipinski definition) is 0. The zero-order valence-corrected chi connectivity index (χ0v) is 10.3. The van der Waals surface area contributed by atoms with Crippen LogP contribution in [0.2, 0.25) is 0 Å². The first kappa shape index (κ1) is 12.7. The minimum atomic E-state index is -3.10. The lowest BCUT2D eigenvalue weighted by atomic mass is 10.2. The third-order valence-corrected chi connectivity index (χ3v) is 4.91. The molecule has 1 unspecified atom stereocenters. The van der Waals surface area contributed by atoms with Crippen LogP contribution < -0.4 is 0 Å². The largest absolute Gasteiger partial charge is 0.228 e. The normalized spacial score (nSPS) is 13.1. The van der Waals surface area contributed by atoms with Gasteiger partial charge in [0.1, 0.15) is 0 Å². The number of sulfone groups is 1. The fraction of sp³-hybridized carbons (Fsp3) is 0.417. The van der Waals surface area contributed by atoms with E-state index in [1.807, 2.05) is 13.0 Å². The van der Waals surface area contributed by atoms with Crippen LogP contribution in [0.5, 0.6) is 0 Å². The molecule has 0 spiro atoms. The van der Waals surface area contributed by atoms with Crippen molar-refractivity contribution in [2.75, 3.05) is 0 Å². The van der Waals surface area contributed by atoms with Crippen LogP contribution in [-0.2, 0) is 15.6 Å². The van der Waals surface area contributed by atoms with Crippen molar-refractivity contribution in [2.24, 2.45) is 0 Å². The van der Waals surface area contributed by atoms with Crippen molar-refractivity contribution < 1.29 is 8.42 Å². The first-order valence-electron chi connectivity index (χ1n) is 5.20. The Morgan fingerprint density at radius 2 is 2.12 bits per heavy atom. The summed E-state index contributed by atoms with van der Waals surface area (Å²) in [5, 5.41) is 8.38. The van der Waals surface area contributed by atoms with Crippen molar-refractivity contribution >= 4 is 9.84 Å². The maximum Gasteiger partial charge on any atom is 0.157 e. The second kappa shape index (κ2) is 5.13. The number of benzene rings is 1. The van der Waals surface area contributed by atoms with Crippen LogP contribution in [0.4, 0.5) is 0 Å². The fourth-order valence-electron chi connectivity index (χ4n) is 1.36. The van der Waals surface area contributed by atoms with Gasteiger partial charge in [0.05, 0.1) is 22.6 Å². The van der Waals surface area contributed by atoms with E-state index in [0.29, 0.717) is 17.5 Å². The van der Waals surface area contributed by atoms with Crippen LogP contribution >= 0.6 is 0 Å². The summed E-state index contributed by atoms with van der Waals surface area (Å²) in [6, 6.07) is 8.74. The molecule has 1 atom stereocenters. The summed E-state index contributed by atoms with van der Waals surface area (Å²) in [4.78, 5) is 0. The zero-order chi connectivity index (χ0) is 12.2. The maximum atomic E-state index is 11.8. The van der Waals surface area contributed by atoms with Gasteiger partial charge in [-0.05, 0) is 31.0 Å². The van der Waals surface area contributed by atoms with Gasteiger partial charge in [-0.3, -0.25) is 0 Å². The number of nitrogens with zero attached hydrogens (tertiary/aromatic N) is 1. The average molecular weight is 237 g/mol. The highest BCUT2D eigenvalue weighted by Crippen LogP contribution is 2.14. The SMILES string of the molecule is CCC(C)S(=O)(=O)Cc1cccc(C#N)c1. The van der Waals surface area contributed by atoms with Gasteiger partial charge in [-0.15, -0.1) is 0 Å². The predicted octanol–water partition coefficient (Wildman–Crippen LogP) is 2.27. The summed E-state index contributed by atoms with van der Waals surface area (Å²) in [6.07, 6.45) is 0.611. The molecular weight excluding hydrogens is 222 g/mol. The molecule has 1 aromatic rings. The van der Waals surface area contributed by atoms with E-state index < -0.39 is 9.84 Å². The van der Waals surface area contributed by atoms with Gasteiger partial charge in [-0.1, -0.05) is 19.1 Å². The van der Waals surface area contributed by atoms with Crippen molar-refractivity contribution in [3.63, 3.8) is 0 Å². The highest BCUT2D eigenvalue weighted by molar-refractivity contribution is 7.91. The van der Waals surface area contributed by atoms with Crippen LogP contribution in [-0.4, -0.2) is 13.7 Å². The summed E-state index contributed by atoms with van der Waals surface area (Å²) >= 11 is 0. The highest BCUT2D eigenvalue weighted by atomic mass is 32.2. The molecule has 1 rings (SSSR count). The van der Waals surface area contributed by atoms with Crippen molar-refractivity contribution in [1.82, 2.24) is 0 Å². The molecule has 0 aliphatic rings. The van der Waals surface area contributed by atoms with Crippen molar-refractivity contribution in [1.29, 1.82) is 5.26 Å². The molecule has 0 aliphatic carbocycles. The molecule has 0 bridgehead atoms. The van der Waals surface area contributed by atoms with Gasteiger partial charge in [-0.2, -0.15) is 5.26 Å². The van der Waals surface area contributed by atoms with Crippen molar-refractivity contribution in [2.45, 2.75) is 31.3 Å². The number of nitriles is 1. The van der Waals surface area contributed by atoms with E-state index in [1.54, 1.807) is 31.2 Å². The molecule has 16 heavy (non-hydrogen) atoms. The fourth-order valence-corrected chi connectivity index (χ4v) is 2.80. The number of hydrogen-bond acceptors (Lipinski definition) is 3. The van der Waals surface area contributed by atoms with Gasteiger partial charge in [0.2, 0.25) is 0 Å². The van der Waals surface area contributed by atoms with E-state index >= 15 is 0 Å². The molecule has 4 heteroatoms. The van der Waals surface area contributed by atoms with Crippen molar-refractivity contribution in [3.05, 3.63) is 35.4 Å². The van der Waals surface area contributed by atoms with Crippen LogP contribution in [0.3, 0.4) is 0 Å². The molecule has 3 nitrogen and oxygen atoms in total. The second-order valence-corrected chi connectivity index (χ2v) is 6.26. The van der Waals surface area contributed by atoms with Gasteiger partial charge < -0.3 is 0 Å². The minimum Gasteiger partial charge on any atom is -0.228 e. The molecular formula is C12H15NO2S. The standard InChI is InChI=1S/C12H15NO2S/c1-3-10(2)16(14,15)9-12-6-4-5-11(7-12)8-13/h4-7,10H,3,9H2,1-2H3. The van der Waals surface area contributed by atoms with Gasteiger partial charge in [0.15, 0.2) is 9.84 Å². The minimum absolute atomic E-state index is 0.0114. The highest BCUT2D eigenvalue weighted by Gasteiger charge is 2.19. The van der Waals surface area contributed by atoms with Crippen molar-refractivity contribution in [3.8, 4) is 6.07 Å². The lowest BCUT2D eigenvalue weighted by Gasteiger charge is -2.10. The van der Waals surface area contributed by atoms with Gasteiger partial charge >= 0.3 is 0 Å². The maximum absolute atomic E-state index is 11.8.